The van der Waals surface area contributed by atoms with Crippen LogP contribution in [-0.4, -0.2) is 14.5 Å². The van der Waals surface area contributed by atoms with Crippen molar-refractivity contribution in [3.05, 3.63) is 90.8 Å². The summed E-state index contributed by atoms with van der Waals surface area (Å²) in [5.74, 6) is 0.935. The summed E-state index contributed by atoms with van der Waals surface area (Å²) in [6.45, 7) is 2.10. The van der Waals surface area contributed by atoms with Gasteiger partial charge in [-0.15, -0.1) is 0 Å². The lowest BCUT2D eigenvalue weighted by Crippen LogP contribution is -1.98. The van der Waals surface area contributed by atoms with Crippen LogP contribution in [-0.2, 0) is 0 Å². The standard InChI is InChI=1S/C23H17N3/c1-16-9-11-18(12-10-16)23-25-20-15-24-14-13-22(20)26(23)21-8-4-6-17-5-2-3-7-19(17)21/h2-15H,1H3. The molecule has 5 rings (SSSR count). The molecule has 0 atom stereocenters. The molecule has 0 unspecified atom stereocenters. The number of benzene rings is 3. The van der Waals surface area contributed by atoms with Crippen molar-refractivity contribution in [2.45, 2.75) is 6.92 Å². The zero-order chi connectivity index (χ0) is 17.5. The highest BCUT2D eigenvalue weighted by Crippen LogP contribution is 2.32. The van der Waals surface area contributed by atoms with Crippen LogP contribution in [0.4, 0.5) is 0 Å². The molecule has 0 amide bonds. The Labute approximate surface area is 151 Å². The molecule has 0 saturated carbocycles. The number of hydrogen-bond acceptors (Lipinski definition) is 2. The molecule has 0 radical (unpaired) electrons. The normalized spacial score (nSPS) is 11.3. The highest BCUT2D eigenvalue weighted by atomic mass is 15.1. The second-order valence-electron chi connectivity index (χ2n) is 6.50. The summed E-state index contributed by atoms with van der Waals surface area (Å²) in [6, 6.07) is 25.4. The zero-order valence-electron chi connectivity index (χ0n) is 14.4. The van der Waals surface area contributed by atoms with Gasteiger partial charge in [0.2, 0.25) is 0 Å². The van der Waals surface area contributed by atoms with Crippen molar-refractivity contribution in [2.75, 3.05) is 0 Å². The number of aromatic nitrogens is 3. The summed E-state index contributed by atoms with van der Waals surface area (Å²) in [7, 11) is 0. The summed E-state index contributed by atoms with van der Waals surface area (Å²) < 4.78 is 2.24. The summed E-state index contributed by atoms with van der Waals surface area (Å²) in [4.78, 5) is 9.15. The van der Waals surface area contributed by atoms with E-state index in [1.54, 1.807) is 0 Å². The average Bonchev–Trinajstić information content (AvgIpc) is 3.07. The van der Waals surface area contributed by atoms with Gasteiger partial charge in [0.25, 0.3) is 0 Å². The quantitative estimate of drug-likeness (QED) is 0.423. The molecule has 5 aromatic rings. The number of imidazole rings is 1. The SMILES string of the molecule is Cc1ccc(-c2nc3cnccc3n2-c2cccc3ccccc23)cc1. The van der Waals surface area contributed by atoms with Crippen LogP contribution in [0.1, 0.15) is 5.56 Å². The number of fused-ring (bicyclic) bond motifs is 2. The van der Waals surface area contributed by atoms with E-state index in [1.807, 2.05) is 18.5 Å². The van der Waals surface area contributed by atoms with E-state index in [0.29, 0.717) is 0 Å². The van der Waals surface area contributed by atoms with Crippen molar-refractivity contribution in [1.29, 1.82) is 0 Å². The van der Waals surface area contributed by atoms with E-state index in [-0.39, 0.29) is 0 Å². The fourth-order valence-electron chi connectivity index (χ4n) is 3.48. The van der Waals surface area contributed by atoms with Crippen LogP contribution in [0.5, 0.6) is 0 Å². The monoisotopic (exact) mass is 335 g/mol. The van der Waals surface area contributed by atoms with Crippen molar-refractivity contribution >= 4 is 21.8 Å². The smallest absolute Gasteiger partial charge is 0.145 e. The molecule has 0 aliphatic rings. The van der Waals surface area contributed by atoms with E-state index in [0.717, 1.165) is 28.1 Å². The third-order valence-electron chi connectivity index (χ3n) is 4.77. The zero-order valence-corrected chi connectivity index (χ0v) is 14.4. The van der Waals surface area contributed by atoms with Crippen molar-refractivity contribution < 1.29 is 0 Å². The third kappa shape index (κ3) is 2.29. The second kappa shape index (κ2) is 5.81. The van der Waals surface area contributed by atoms with Crippen LogP contribution >= 0.6 is 0 Å². The Morgan fingerprint density at radius 1 is 0.808 bits per heavy atom. The first-order valence-electron chi connectivity index (χ1n) is 8.69. The van der Waals surface area contributed by atoms with Gasteiger partial charge in [0.1, 0.15) is 11.3 Å². The minimum atomic E-state index is 0.899. The number of nitrogens with zero attached hydrogens (tertiary/aromatic N) is 3. The molecule has 0 fully saturated rings. The molecule has 0 aliphatic heterocycles. The van der Waals surface area contributed by atoms with Gasteiger partial charge in [0, 0.05) is 17.1 Å². The first-order chi connectivity index (χ1) is 12.8. The maximum absolute atomic E-state index is 4.90. The van der Waals surface area contributed by atoms with Gasteiger partial charge in [0.05, 0.1) is 17.4 Å². The summed E-state index contributed by atoms with van der Waals surface area (Å²) in [6.07, 6.45) is 3.65. The Balaban J connectivity index is 1.89. The van der Waals surface area contributed by atoms with Crippen LogP contribution in [0.25, 0.3) is 38.9 Å². The van der Waals surface area contributed by atoms with E-state index in [1.165, 1.54) is 16.3 Å². The van der Waals surface area contributed by atoms with Crippen LogP contribution in [0.2, 0.25) is 0 Å². The van der Waals surface area contributed by atoms with Crippen LogP contribution in [0, 0.1) is 6.92 Å². The van der Waals surface area contributed by atoms with Crippen LogP contribution < -0.4 is 0 Å². The van der Waals surface area contributed by atoms with Gasteiger partial charge >= 0.3 is 0 Å². The number of aryl methyl sites for hydroxylation is 1. The predicted molar refractivity (Wildman–Crippen MR) is 107 cm³/mol. The Morgan fingerprint density at radius 2 is 1.62 bits per heavy atom. The molecule has 124 valence electrons. The van der Waals surface area contributed by atoms with Crippen molar-refractivity contribution in [1.82, 2.24) is 14.5 Å². The lowest BCUT2D eigenvalue weighted by molar-refractivity contribution is 1.11. The molecule has 3 nitrogen and oxygen atoms in total. The van der Waals surface area contributed by atoms with Gasteiger partial charge in [-0.25, -0.2) is 4.98 Å². The maximum atomic E-state index is 4.90. The Kier molecular flexibility index (Phi) is 3.32. The summed E-state index contributed by atoms with van der Waals surface area (Å²) in [5.41, 5.74) is 5.43. The van der Waals surface area contributed by atoms with E-state index in [4.69, 9.17) is 4.98 Å². The minimum absolute atomic E-state index is 0.899. The predicted octanol–water partition coefficient (Wildman–Crippen LogP) is 5.55. The average molecular weight is 335 g/mol. The molecular formula is C23H17N3. The third-order valence-corrected chi connectivity index (χ3v) is 4.77. The Hall–Kier alpha value is -3.46. The molecule has 26 heavy (non-hydrogen) atoms. The number of hydrogen-bond donors (Lipinski definition) is 0. The molecule has 2 aromatic heterocycles. The van der Waals surface area contributed by atoms with Crippen molar-refractivity contribution in [2.24, 2.45) is 0 Å². The van der Waals surface area contributed by atoms with Crippen LogP contribution in [0.3, 0.4) is 0 Å². The highest BCUT2D eigenvalue weighted by molar-refractivity contribution is 5.94. The van der Waals surface area contributed by atoms with Gasteiger partial charge in [0.15, 0.2) is 0 Å². The van der Waals surface area contributed by atoms with Gasteiger partial charge in [-0.2, -0.15) is 0 Å². The Morgan fingerprint density at radius 3 is 2.50 bits per heavy atom. The largest absolute Gasteiger partial charge is 0.292 e. The molecule has 0 N–H and O–H groups in total. The first-order valence-corrected chi connectivity index (χ1v) is 8.69. The van der Waals surface area contributed by atoms with E-state index in [2.05, 4.69) is 83.2 Å². The molecular weight excluding hydrogens is 318 g/mol. The molecule has 3 heteroatoms. The molecule has 0 aliphatic carbocycles. The van der Waals surface area contributed by atoms with Gasteiger partial charge in [-0.05, 0) is 24.4 Å². The van der Waals surface area contributed by atoms with Gasteiger partial charge < -0.3 is 0 Å². The number of rotatable bonds is 2. The fourth-order valence-corrected chi connectivity index (χ4v) is 3.48. The van der Waals surface area contributed by atoms with Crippen molar-refractivity contribution in [3.63, 3.8) is 0 Å². The molecule has 0 saturated heterocycles. The van der Waals surface area contributed by atoms with Crippen LogP contribution in [0.15, 0.2) is 85.2 Å². The summed E-state index contributed by atoms with van der Waals surface area (Å²) in [5, 5.41) is 2.43. The van der Waals surface area contributed by atoms with Gasteiger partial charge in [-0.1, -0.05) is 66.2 Å². The van der Waals surface area contributed by atoms with Crippen molar-refractivity contribution in [3.8, 4) is 17.1 Å². The lowest BCUT2D eigenvalue weighted by atomic mass is 10.1. The fraction of sp³-hybridized carbons (Fsp3) is 0.0435. The number of pyridine rings is 1. The topological polar surface area (TPSA) is 30.7 Å². The minimum Gasteiger partial charge on any atom is -0.292 e. The molecule has 0 bridgehead atoms. The molecule has 3 aromatic carbocycles. The molecule has 0 spiro atoms. The van der Waals surface area contributed by atoms with Gasteiger partial charge in [-0.3, -0.25) is 9.55 Å². The highest BCUT2D eigenvalue weighted by Gasteiger charge is 2.15. The Bertz CT molecular complexity index is 1230. The van der Waals surface area contributed by atoms with E-state index in [9.17, 15) is 0 Å². The molecule has 2 heterocycles. The summed E-state index contributed by atoms with van der Waals surface area (Å²) >= 11 is 0. The van der Waals surface area contributed by atoms with E-state index < -0.39 is 0 Å². The first kappa shape index (κ1) is 14.8. The maximum Gasteiger partial charge on any atom is 0.145 e. The van der Waals surface area contributed by atoms with E-state index >= 15 is 0 Å². The second-order valence-corrected chi connectivity index (χ2v) is 6.50. The lowest BCUT2D eigenvalue weighted by Gasteiger charge is -2.12.